The monoisotopic (exact) mass is 395 g/mol. The van der Waals surface area contributed by atoms with Gasteiger partial charge in [0.1, 0.15) is 5.69 Å². The van der Waals surface area contributed by atoms with Crippen molar-refractivity contribution in [2.45, 2.75) is 27.2 Å². The van der Waals surface area contributed by atoms with Crippen LogP contribution in [0.1, 0.15) is 36.8 Å². The van der Waals surface area contributed by atoms with E-state index in [1.807, 2.05) is 36.9 Å². The van der Waals surface area contributed by atoms with Gasteiger partial charge in [-0.3, -0.25) is 19.5 Å². The largest absolute Gasteiger partial charge is 0.379 e. The SMILES string of the molecule is CCc1cccc(-c2cnc(C(=O)C(C)C)c(NC(=O)CN3CCOCC3)c2)c1. The molecule has 6 heteroatoms. The summed E-state index contributed by atoms with van der Waals surface area (Å²) in [4.78, 5) is 31.8. The third-order valence-electron chi connectivity index (χ3n) is 5.06. The highest BCUT2D eigenvalue weighted by Crippen LogP contribution is 2.26. The molecular formula is C23H29N3O3. The van der Waals surface area contributed by atoms with Crippen LogP contribution in [0.5, 0.6) is 0 Å². The Kier molecular flexibility index (Phi) is 7.12. The van der Waals surface area contributed by atoms with Crippen LogP contribution in [0.3, 0.4) is 0 Å². The molecule has 1 aromatic heterocycles. The number of rotatable bonds is 7. The van der Waals surface area contributed by atoms with Gasteiger partial charge in [0.2, 0.25) is 5.91 Å². The molecule has 1 fully saturated rings. The number of hydrogen-bond acceptors (Lipinski definition) is 5. The van der Waals surface area contributed by atoms with Gasteiger partial charge in [-0.05, 0) is 23.6 Å². The summed E-state index contributed by atoms with van der Waals surface area (Å²) in [6.07, 6.45) is 2.65. The molecule has 0 spiro atoms. The molecule has 1 saturated heterocycles. The maximum Gasteiger partial charge on any atom is 0.238 e. The molecule has 154 valence electrons. The number of hydrogen-bond donors (Lipinski definition) is 1. The topological polar surface area (TPSA) is 71.5 Å². The Morgan fingerprint density at radius 3 is 2.62 bits per heavy atom. The second-order valence-corrected chi connectivity index (χ2v) is 7.63. The molecule has 0 bridgehead atoms. The highest BCUT2D eigenvalue weighted by atomic mass is 16.5. The Hall–Kier alpha value is -2.57. The number of ketones is 1. The lowest BCUT2D eigenvalue weighted by Crippen LogP contribution is -2.41. The normalized spacial score (nSPS) is 14.8. The summed E-state index contributed by atoms with van der Waals surface area (Å²) < 4.78 is 5.33. The minimum atomic E-state index is -0.202. The molecule has 6 nitrogen and oxygen atoms in total. The summed E-state index contributed by atoms with van der Waals surface area (Å²) in [6.45, 7) is 8.78. The highest BCUT2D eigenvalue weighted by Gasteiger charge is 2.20. The van der Waals surface area contributed by atoms with E-state index in [2.05, 4.69) is 29.4 Å². The van der Waals surface area contributed by atoms with Gasteiger partial charge < -0.3 is 10.1 Å². The second-order valence-electron chi connectivity index (χ2n) is 7.63. The number of pyridine rings is 1. The third-order valence-corrected chi connectivity index (χ3v) is 5.06. The predicted octanol–water partition coefficient (Wildman–Crippen LogP) is 3.42. The van der Waals surface area contributed by atoms with E-state index in [4.69, 9.17) is 4.74 Å². The first-order chi connectivity index (χ1) is 14.0. The van der Waals surface area contributed by atoms with Crippen molar-refractivity contribution >= 4 is 17.4 Å². The number of carbonyl (C=O) groups excluding carboxylic acids is 2. The maximum atomic E-state index is 12.6. The van der Waals surface area contributed by atoms with E-state index in [1.165, 1.54) is 5.56 Å². The van der Waals surface area contributed by atoms with Crippen molar-refractivity contribution in [2.24, 2.45) is 5.92 Å². The number of anilines is 1. The zero-order valence-electron chi connectivity index (χ0n) is 17.4. The van der Waals surface area contributed by atoms with Crippen LogP contribution in [0.4, 0.5) is 5.69 Å². The zero-order valence-corrected chi connectivity index (χ0v) is 17.4. The van der Waals surface area contributed by atoms with E-state index in [-0.39, 0.29) is 24.2 Å². The van der Waals surface area contributed by atoms with Crippen molar-refractivity contribution in [3.05, 3.63) is 47.8 Å². The molecule has 1 N–H and O–H groups in total. The minimum Gasteiger partial charge on any atom is -0.379 e. The lowest BCUT2D eigenvalue weighted by molar-refractivity contribution is -0.118. The van der Waals surface area contributed by atoms with Crippen LogP contribution in [0.2, 0.25) is 0 Å². The molecule has 0 radical (unpaired) electrons. The number of aryl methyl sites for hydroxylation is 1. The first kappa shape index (κ1) is 21.1. The predicted molar refractivity (Wildman–Crippen MR) is 114 cm³/mol. The van der Waals surface area contributed by atoms with Gasteiger partial charge >= 0.3 is 0 Å². The fourth-order valence-electron chi connectivity index (χ4n) is 3.31. The molecule has 3 rings (SSSR count). The Morgan fingerprint density at radius 2 is 1.93 bits per heavy atom. The number of ether oxygens (including phenoxy) is 1. The number of nitrogens with zero attached hydrogens (tertiary/aromatic N) is 2. The number of carbonyl (C=O) groups is 2. The van der Waals surface area contributed by atoms with Crippen LogP contribution in [0.15, 0.2) is 36.5 Å². The molecule has 1 aromatic carbocycles. The molecule has 1 aliphatic heterocycles. The van der Waals surface area contributed by atoms with Crippen molar-refractivity contribution < 1.29 is 14.3 Å². The average molecular weight is 396 g/mol. The van der Waals surface area contributed by atoms with Crippen molar-refractivity contribution in [3.63, 3.8) is 0 Å². The summed E-state index contributed by atoms with van der Waals surface area (Å²) in [5.74, 6) is -0.432. The van der Waals surface area contributed by atoms with Crippen molar-refractivity contribution in [3.8, 4) is 11.1 Å². The van der Waals surface area contributed by atoms with Gasteiger partial charge in [0.25, 0.3) is 0 Å². The van der Waals surface area contributed by atoms with Gasteiger partial charge in [-0.2, -0.15) is 0 Å². The van der Waals surface area contributed by atoms with E-state index >= 15 is 0 Å². The first-order valence-electron chi connectivity index (χ1n) is 10.2. The summed E-state index contributed by atoms with van der Waals surface area (Å²) in [5, 5.41) is 2.93. The summed E-state index contributed by atoms with van der Waals surface area (Å²) >= 11 is 0. The van der Waals surface area contributed by atoms with Crippen molar-refractivity contribution in [2.75, 3.05) is 38.2 Å². The van der Waals surface area contributed by atoms with Crippen LogP contribution < -0.4 is 5.32 Å². The standard InChI is InChI=1S/C23H29N3O3/c1-4-17-6-5-7-18(12-17)19-13-20(22(24-14-19)23(28)16(2)3)25-21(27)15-26-8-10-29-11-9-26/h5-7,12-14,16H,4,8-11,15H2,1-3H3,(H,25,27). The van der Waals surface area contributed by atoms with E-state index < -0.39 is 0 Å². The van der Waals surface area contributed by atoms with Gasteiger partial charge in [-0.1, -0.05) is 45.0 Å². The third kappa shape index (κ3) is 5.49. The lowest BCUT2D eigenvalue weighted by Gasteiger charge is -2.26. The van der Waals surface area contributed by atoms with Crippen LogP contribution in [0.25, 0.3) is 11.1 Å². The van der Waals surface area contributed by atoms with Gasteiger partial charge in [-0.25, -0.2) is 0 Å². The molecule has 2 aromatic rings. The number of benzene rings is 1. The Labute approximate surface area is 172 Å². The smallest absolute Gasteiger partial charge is 0.238 e. The van der Waals surface area contributed by atoms with Gasteiger partial charge in [0.05, 0.1) is 25.4 Å². The molecule has 0 aliphatic carbocycles. The molecule has 1 aliphatic rings. The van der Waals surface area contributed by atoms with Gasteiger partial charge in [-0.15, -0.1) is 0 Å². The Balaban J connectivity index is 1.88. The molecule has 1 amide bonds. The lowest BCUT2D eigenvalue weighted by atomic mass is 10.00. The fourth-order valence-corrected chi connectivity index (χ4v) is 3.31. The number of nitrogens with one attached hydrogen (secondary N) is 1. The van der Waals surface area contributed by atoms with Crippen LogP contribution in [0, 0.1) is 5.92 Å². The van der Waals surface area contributed by atoms with Crippen LogP contribution in [-0.2, 0) is 16.0 Å². The maximum absolute atomic E-state index is 12.6. The zero-order chi connectivity index (χ0) is 20.8. The number of Topliss-reactive ketones (excluding diaryl/α,β-unsaturated/α-hetero) is 1. The highest BCUT2D eigenvalue weighted by molar-refractivity contribution is 6.05. The van der Waals surface area contributed by atoms with Gasteiger partial charge in [0, 0.05) is 30.8 Å². The first-order valence-corrected chi connectivity index (χ1v) is 10.2. The molecular weight excluding hydrogens is 366 g/mol. The second kappa shape index (κ2) is 9.76. The Bertz CT molecular complexity index is 873. The molecule has 2 heterocycles. The molecule has 29 heavy (non-hydrogen) atoms. The summed E-state index contributed by atoms with van der Waals surface area (Å²) in [7, 11) is 0. The van der Waals surface area contributed by atoms with Gasteiger partial charge in [0.15, 0.2) is 5.78 Å². The van der Waals surface area contributed by atoms with E-state index in [1.54, 1.807) is 6.20 Å². The quantitative estimate of drug-likeness (QED) is 0.728. The molecule has 0 saturated carbocycles. The van der Waals surface area contributed by atoms with Crippen LogP contribution >= 0.6 is 0 Å². The number of aromatic nitrogens is 1. The van der Waals surface area contributed by atoms with E-state index in [0.717, 1.165) is 30.6 Å². The summed E-state index contributed by atoms with van der Waals surface area (Å²) in [6, 6.07) is 10.1. The van der Waals surface area contributed by atoms with E-state index in [9.17, 15) is 9.59 Å². The van der Waals surface area contributed by atoms with Crippen molar-refractivity contribution in [1.29, 1.82) is 0 Å². The Morgan fingerprint density at radius 1 is 1.17 bits per heavy atom. The molecule has 0 atom stereocenters. The summed E-state index contributed by atoms with van der Waals surface area (Å²) in [5.41, 5.74) is 3.90. The number of amides is 1. The average Bonchev–Trinajstić information content (AvgIpc) is 2.73. The van der Waals surface area contributed by atoms with Crippen LogP contribution in [-0.4, -0.2) is 54.4 Å². The fraction of sp³-hybridized carbons (Fsp3) is 0.435. The van der Waals surface area contributed by atoms with E-state index in [0.29, 0.717) is 24.6 Å². The minimum absolute atomic E-state index is 0.0828. The number of morpholine rings is 1. The molecule has 0 unspecified atom stereocenters. The van der Waals surface area contributed by atoms with Crippen molar-refractivity contribution in [1.82, 2.24) is 9.88 Å².